The molecule has 2 unspecified atom stereocenters. The molecule has 0 bridgehead atoms. The summed E-state index contributed by atoms with van der Waals surface area (Å²) in [4.78, 5) is 37.4. The van der Waals surface area contributed by atoms with Crippen molar-refractivity contribution < 1.29 is 23.9 Å². The number of hydrogen-bond donors (Lipinski definition) is 0. The third-order valence-corrected chi connectivity index (χ3v) is 4.54. The van der Waals surface area contributed by atoms with E-state index in [4.69, 9.17) is 9.47 Å². The maximum atomic E-state index is 12.5. The average Bonchev–Trinajstić information content (AvgIpc) is 3.01. The second-order valence-corrected chi connectivity index (χ2v) is 8.25. The van der Waals surface area contributed by atoms with E-state index >= 15 is 0 Å². The van der Waals surface area contributed by atoms with Gasteiger partial charge in [0, 0.05) is 5.75 Å². The van der Waals surface area contributed by atoms with E-state index in [9.17, 15) is 14.4 Å². The number of carbonyl (C=O) groups is 3. The Hall–Kier alpha value is -1.34. The molecule has 0 saturated carbocycles. The van der Waals surface area contributed by atoms with Gasteiger partial charge in [0.2, 0.25) is 6.10 Å². The SMILES string of the molecule is CSCCC(=O)OC(C(=O)OC(C)(C)C)C(C)C(=O)c1cccs1. The van der Waals surface area contributed by atoms with Crippen molar-refractivity contribution in [3.8, 4) is 0 Å². The quantitative estimate of drug-likeness (QED) is 0.513. The van der Waals surface area contributed by atoms with E-state index in [1.807, 2.05) is 6.26 Å². The minimum Gasteiger partial charge on any atom is -0.457 e. The van der Waals surface area contributed by atoms with Gasteiger partial charge in [-0.15, -0.1) is 11.3 Å². The summed E-state index contributed by atoms with van der Waals surface area (Å²) in [5.74, 6) is -1.66. The number of carbonyl (C=O) groups excluding carboxylic acids is 3. The number of esters is 2. The van der Waals surface area contributed by atoms with Crippen LogP contribution >= 0.6 is 23.1 Å². The topological polar surface area (TPSA) is 69.7 Å². The number of hydrogen-bond acceptors (Lipinski definition) is 7. The van der Waals surface area contributed by atoms with Gasteiger partial charge in [-0.3, -0.25) is 9.59 Å². The Balaban J connectivity index is 2.92. The Labute approximate surface area is 151 Å². The van der Waals surface area contributed by atoms with E-state index < -0.39 is 29.6 Å². The fourth-order valence-corrected chi connectivity index (χ4v) is 3.01. The summed E-state index contributed by atoms with van der Waals surface area (Å²) in [5, 5.41) is 1.78. The van der Waals surface area contributed by atoms with Crippen molar-refractivity contribution in [3.63, 3.8) is 0 Å². The summed E-state index contributed by atoms with van der Waals surface area (Å²) >= 11 is 2.79. The van der Waals surface area contributed by atoms with Crippen LogP contribution in [0.2, 0.25) is 0 Å². The fourth-order valence-electron chi connectivity index (χ4n) is 1.88. The van der Waals surface area contributed by atoms with E-state index in [2.05, 4.69) is 0 Å². The largest absolute Gasteiger partial charge is 0.457 e. The van der Waals surface area contributed by atoms with Gasteiger partial charge >= 0.3 is 11.9 Å². The highest BCUT2D eigenvalue weighted by Crippen LogP contribution is 2.22. The molecule has 0 N–H and O–H groups in total. The van der Waals surface area contributed by atoms with Crippen LogP contribution in [0.4, 0.5) is 0 Å². The van der Waals surface area contributed by atoms with E-state index in [-0.39, 0.29) is 12.2 Å². The minimum atomic E-state index is -1.24. The summed E-state index contributed by atoms with van der Waals surface area (Å²) in [5.41, 5.74) is -0.729. The zero-order valence-corrected chi connectivity index (χ0v) is 16.3. The normalized spacial score (nSPS) is 13.9. The first-order chi connectivity index (χ1) is 11.2. The number of ether oxygens (including phenoxy) is 2. The summed E-state index contributed by atoms with van der Waals surface area (Å²) in [7, 11) is 0. The van der Waals surface area contributed by atoms with Crippen molar-refractivity contribution in [1.82, 2.24) is 0 Å². The number of thiophene rings is 1. The van der Waals surface area contributed by atoms with Crippen molar-refractivity contribution in [2.24, 2.45) is 5.92 Å². The van der Waals surface area contributed by atoms with Crippen molar-refractivity contribution in [3.05, 3.63) is 22.4 Å². The lowest BCUT2D eigenvalue weighted by molar-refractivity contribution is -0.178. The molecule has 134 valence electrons. The van der Waals surface area contributed by atoms with Gasteiger partial charge in [-0.25, -0.2) is 4.79 Å². The molecular weight excluding hydrogens is 348 g/mol. The standard InChI is InChI=1S/C17H24O5S2/c1-11(14(19)12-7-6-9-24-12)15(16(20)22-17(2,3)4)21-13(18)8-10-23-5/h6-7,9,11,15H,8,10H2,1-5H3. The van der Waals surface area contributed by atoms with Crippen molar-refractivity contribution >= 4 is 40.8 Å². The molecule has 0 saturated heterocycles. The van der Waals surface area contributed by atoms with Gasteiger partial charge in [-0.2, -0.15) is 11.8 Å². The molecule has 0 aliphatic heterocycles. The van der Waals surface area contributed by atoms with Crippen LogP contribution in [-0.2, 0) is 19.1 Å². The minimum absolute atomic E-state index is 0.181. The van der Waals surface area contributed by atoms with Gasteiger partial charge < -0.3 is 9.47 Å². The molecule has 2 atom stereocenters. The Bertz CT molecular complexity index is 560. The predicted molar refractivity (Wildman–Crippen MR) is 96.5 cm³/mol. The monoisotopic (exact) mass is 372 g/mol. The third kappa shape index (κ3) is 6.65. The highest BCUT2D eigenvalue weighted by molar-refractivity contribution is 7.98. The van der Waals surface area contributed by atoms with Crippen LogP contribution in [0.3, 0.4) is 0 Å². The Morgan fingerprint density at radius 3 is 2.46 bits per heavy atom. The maximum absolute atomic E-state index is 12.5. The summed E-state index contributed by atoms with van der Waals surface area (Å²) in [6, 6.07) is 3.45. The van der Waals surface area contributed by atoms with Crippen molar-refractivity contribution in [1.29, 1.82) is 0 Å². The van der Waals surface area contributed by atoms with Gasteiger partial charge in [0.1, 0.15) is 5.60 Å². The first-order valence-electron chi connectivity index (χ1n) is 7.64. The van der Waals surface area contributed by atoms with E-state index in [1.54, 1.807) is 45.2 Å². The van der Waals surface area contributed by atoms with Crippen LogP contribution in [0.25, 0.3) is 0 Å². The highest BCUT2D eigenvalue weighted by atomic mass is 32.2. The van der Waals surface area contributed by atoms with Gasteiger partial charge in [0.25, 0.3) is 0 Å². The second kappa shape index (κ2) is 9.22. The van der Waals surface area contributed by atoms with Crippen LogP contribution in [0, 0.1) is 5.92 Å². The van der Waals surface area contributed by atoms with E-state index in [0.717, 1.165) is 0 Å². The fraction of sp³-hybridized carbons (Fsp3) is 0.588. The van der Waals surface area contributed by atoms with Crippen LogP contribution in [0.15, 0.2) is 17.5 Å². The zero-order chi connectivity index (χ0) is 18.3. The number of rotatable bonds is 8. The van der Waals surface area contributed by atoms with Crippen LogP contribution in [0.5, 0.6) is 0 Å². The smallest absolute Gasteiger partial charge is 0.348 e. The van der Waals surface area contributed by atoms with Gasteiger partial charge in [-0.05, 0) is 38.5 Å². The Morgan fingerprint density at radius 2 is 1.96 bits per heavy atom. The number of ketones is 1. The van der Waals surface area contributed by atoms with Crippen LogP contribution < -0.4 is 0 Å². The first-order valence-corrected chi connectivity index (χ1v) is 9.92. The predicted octanol–water partition coefficient (Wildman–Crippen LogP) is 3.57. The third-order valence-electron chi connectivity index (χ3n) is 3.04. The zero-order valence-electron chi connectivity index (χ0n) is 14.7. The van der Waals surface area contributed by atoms with E-state index in [0.29, 0.717) is 10.6 Å². The molecule has 1 heterocycles. The van der Waals surface area contributed by atoms with Crippen molar-refractivity contribution in [2.45, 2.75) is 45.8 Å². The lowest BCUT2D eigenvalue weighted by atomic mass is 9.98. The van der Waals surface area contributed by atoms with Gasteiger partial charge in [0.05, 0.1) is 17.2 Å². The highest BCUT2D eigenvalue weighted by Gasteiger charge is 2.37. The molecule has 0 aliphatic rings. The molecule has 7 heteroatoms. The van der Waals surface area contributed by atoms with Gasteiger partial charge in [0.15, 0.2) is 5.78 Å². The number of Topliss-reactive ketones (excluding diaryl/α,β-unsaturated/α-hetero) is 1. The molecule has 0 radical (unpaired) electrons. The van der Waals surface area contributed by atoms with E-state index in [1.165, 1.54) is 23.1 Å². The Kier molecular flexibility index (Phi) is 7.96. The summed E-state index contributed by atoms with van der Waals surface area (Å²) in [6.45, 7) is 6.76. The molecule has 24 heavy (non-hydrogen) atoms. The second-order valence-electron chi connectivity index (χ2n) is 6.32. The lowest BCUT2D eigenvalue weighted by Gasteiger charge is -2.26. The molecule has 0 aromatic carbocycles. The molecule has 0 amide bonds. The molecular formula is C17H24O5S2. The first kappa shape index (κ1) is 20.7. The Morgan fingerprint density at radius 1 is 1.29 bits per heavy atom. The molecule has 5 nitrogen and oxygen atoms in total. The van der Waals surface area contributed by atoms with Gasteiger partial charge in [-0.1, -0.05) is 13.0 Å². The summed E-state index contributed by atoms with van der Waals surface area (Å²) in [6.07, 6.45) is 0.815. The molecule has 0 fully saturated rings. The molecule has 1 aromatic heterocycles. The van der Waals surface area contributed by atoms with Crippen molar-refractivity contribution in [2.75, 3.05) is 12.0 Å². The lowest BCUT2D eigenvalue weighted by Crippen LogP contribution is -2.41. The average molecular weight is 373 g/mol. The maximum Gasteiger partial charge on any atom is 0.348 e. The molecule has 1 aromatic rings. The van der Waals surface area contributed by atoms with Crippen LogP contribution in [-0.4, -0.2) is 41.4 Å². The molecule has 1 rings (SSSR count). The summed E-state index contributed by atoms with van der Waals surface area (Å²) < 4.78 is 10.6. The number of thioether (sulfide) groups is 1. The molecule has 0 aliphatic carbocycles. The van der Waals surface area contributed by atoms with Crippen LogP contribution in [0.1, 0.15) is 43.8 Å². The molecule has 0 spiro atoms.